The van der Waals surface area contributed by atoms with Crippen molar-refractivity contribution in [3.63, 3.8) is 0 Å². The summed E-state index contributed by atoms with van der Waals surface area (Å²) in [7, 11) is 0. The van der Waals surface area contributed by atoms with Crippen LogP contribution in [0.1, 0.15) is 31.6 Å². The molecule has 1 heterocycles. The van der Waals surface area contributed by atoms with E-state index >= 15 is 0 Å². The SMILES string of the molecule is CCCc1ccc(Oc2c(C)oc3cc(OC(C)=O)ccc3c2=O)cc1.O. The highest BCUT2D eigenvalue weighted by atomic mass is 16.5. The zero-order chi connectivity index (χ0) is 18.7. The van der Waals surface area contributed by atoms with Crippen LogP contribution in [-0.2, 0) is 11.2 Å². The second kappa shape index (κ2) is 8.51. The largest absolute Gasteiger partial charge is 0.457 e. The van der Waals surface area contributed by atoms with E-state index in [1.165, 1.54) is 18.6 Å². The number of ether oxygens (including phenoxy) is 2. The van der Waals surface area contributed by atoms with E-state index in [1.807, 2.05) is 24.3 Å². The third-order valence-electron chi connectivity index (χ3n) is 3.93. The Hall–Kier alpha value is -3.12. The van der Waals surface area contributed by atoms with Crippen LogP contribution < -0.4 is 14.9 Å². The number of hydrogen-bond donors (Lipinski definition) is 0. The van der Waals surface area contributed by atoms with Crippen LogP contribution in [0.3, 0.4) is 0 Å². The molecule has 0 aliphatic rings. The first-order valence-corrected chi connectivity index (χ1v) is 8.50. The molecule has 27 heavy (non-hydrogen) atoms. The highest BCUT2D eigenvalue weighted by Gasteiger charge is 2.15. The van der Waals surface area contributed by atoms with Gasteiger partial charge in [0, 0.05) is 13.0 Å². The van der Waals surface area contributed by atoms with Crippen LogP contribution in [0, 0.1) is 6.92 Å². The smallest absolute Gasteiger partial charge is 0.308 e. The van der Waals surface area contributed by atoms with E-state index in [2.05, 4.69) is 6.92 Å². The molecule has 0 radical (unpaired) electrons. The predicted octanol–water partition coefficient (Wildman–Crippen LogP) is 3.95. The van der Waals surface area contributed by atoms with Crippen molar-refractivity contribution in [2.24, 2.45) is 0 Å². The Kier molecular flexibility index (Phi) is 6.36. The van der Waals surface area contributed by atoms with Gasteiger partial charge in [-0.3, -0.25) is 9.59 Å². The number of hydrogen-bond acceptors (Lipinski definition) is 5. The lowest BCUT2D eigenvalue weighted by Gasteiger charge is -2.10. The summed E-state index contributed by atoms with van der Waals surface area (Å²) in [6.07, 6.45) is 2.07. The average Bonchev–Trinajstić information content (AvgIpc) is 2.59. The standard InChI is InChI=1S/C21H20O5.H2O/c1-4-5-15-6-8-16(9-7-15)26-21-13(2)24-19-12-17(25-14(3)22)10-11-18(19)20(21)23;/h6-12H,4-5H2,1-3H3;1H2. The molecule has 0 unspecified atom stereocenters. The number of carbonyl (C=O) groups is 1. The lowest BCUT2D eigenvalue weighted by atomic mass is 10.1. The third-order valence-corrected chi connectivity index (χ3v) is 3.93. The molecule has 0 aliphatic carbocycles. The molecule has 0 atom stereocenters. The monoisotopic (exact) mass is 370 g/mol. The van der Waals surface area contributed by atoms with E-state index in [4.69, 9.17) is 13.9 Å². The fourth-order valence-corrected chi connectivity index (χ4v) is 2.75. The lowest BCUT2D eigenvalue weighted by molar-refractivity contribution is -0.131. The van der Waals surface area contributed by atoms with E-state index in [0.717, 1.165) is 12.8 Å². The topological polar surface area (TPSA) is 97.2 Å². The Balaban J connectivity index is 0.00000261. The maximum atomic E-state index is 12.8. The summed E-state index contributed by atoms with van der Waals surface area (Å²) in [5, 5.41) is 0.365. The highest BCUT2D eigenvalue weighted by molar-refractivity contribution is 5.80. The van der Waals surface area contributed by atoms with Crippen LogP contribution in [0.15, 0.2) is 51.7 Å². The highest BCUT2D eigenvalue weighted by Crippen LogP contribution is 2.27. The van der Waals surface area contributed by atoms with Gasteiger partial charge in [0.05, 0.1) is 5.39 Å². The van der Waals surface area contributed by atoms with Crippen LogP contribution in [0.5, 0.6) is 17.2 Å². The molecule has 0 saturated carbocycles. The molecule has 3 aromatic rings. The first-order valence-electron chi connectivity index (χ1n) is 8.50. The predicted molar refractivity (Wildman–Crippen MR) is 103 cm³/mol. The van der Waals surface area contributed by atoms with Gasteiger partial charge in [-0.25, -0.2) is 0 Å². The van der Waals surface area contributed by atoms with Crippen molar-refractivity contribution >= 4 is 16.9 Å². The van der Waals surface area contributed by atoms with E-state index < -0.39 is 5.97 Å². The van der Waals surface area contributed by atoms with E-state index in [-0.39, 0.29) is 16.7 Å². The molecule has 2 aromatic carbocycles. The zero-order valence-electron chi connectivity index (χ0n) is 15.5. The van der Waals surface area contributed by atoms with Crippen molar-refractivity contribution in [3.8, 4) is 17.2 Å². The van der Waals surface area contributed by atoms with Gasteiger partial charge in [0.2, 0.25) is 11.2 Å². The quantitative estimate of drug-likeness (QED) is 0.500. The van der Waals surface area contributed by atoms with Crippen molar-refractivity contribution < 1.29 is 24.2 Å². The first kappa shape index (κ1) is 20.2. The van der Waals surface area contributed by atoms with Crippen molar-refractivity contribution in [2.75, 3.05) is 0 Å². The fraction of sp³-hybridized carbons (Fsp3) is 0.238. The number of benzene rings is 2. The molecule has 6 heteroatoms. The summed E-state index contributed by atoms with van der Waals surface area (Å²) in [5.74, 6) is 0.986. The Labute approximate surface area is 156 Å². The van der Waals surface area contributed by atoms with E-state index in [9.17, 15) is 9.59 Å². The van der Waals surface area contributed by atoms with Crippen molar-refractivity contribution in [2.45, 2.75) is 33.6 Å². The summed E-state index contributed by atoms with van der Waals surface area (Å²) in [4.78, 5) is 23.8. The molecule has 0 fully saturated rings. The molecule has 6 nitrogen and oxygen atoms in total. The van der Waals surface area contributed by atoms with Crippen LogP contribution in [0.25, 0.3) is 11.0 Å². The minimum atomic E-state index is -0.435. The number of carbonyl (C=O) groups excluding carboxylic acids is 1. The minimum Gasteiger partial charge on any atom is -0.457 e. The Bertz CT molecular complexity index is 1000. The number of rotatable bonds is 5. The molecule has 0 amide bonds. The van der Waals surface area contributed by atoms with Gasteiger partial charge in [0.25, 0.3) is 0 Å². The molecule has 0 spiro atoms. The van der Waals surface area contributed by atoms with Crippen molar-refractivity contribution in [1.29, 1.82) is 0 Å². The van der Waals surface area contributed by atoms with Crippen molar-refractivity contribution in [3.05, 3.63) is 64.0 Å². The van der Waals surface area contributed by atoms with Gasteiger partial charge in [-0.1, -0.05) is 25.5 Å². The molecule has 142 valence electrons. The summed E-state index contributed by atoms with van der Waals surface area (Å²) < 4.78 is 16.5. The number of fused-ring (bicyclic) bond motifs is 1. The molecular formula is C21H22O6. The molecule has 1 aromatic heterocycles. The maximum absolute atomic E-state index is 12.8. The Morgan fingerprint density at radius 1 is 1.07 bits per heavy atom. The molecule has 2 N–H and O–H groups in total. The minimum absolute atomic E-state index is 0. The summed E-state index contributed by atoms with van der Waals surface area (Å²) in [6, 6.07) is 12.3. The second-order valence-corrected chi connectivity index (χ2v) is 6.06. The third kappa shape index (κ3) is 4.54. The second-order valence-electron chi connectivity index (χ2n) is 6.06. The van der Waals surface area contributed by atoms with Crippen LogP contribution in [-0.4, -0.2) is 11.4 Å². The number of esters is 1. The van der Waals surface area contributed by atoms with Gasteiger partial charge in [-0.2, -0.15) is 0 Å². The van der Waals surface area contributed by atoms with Gasteiger partial charge in [-0.05, 0) is 43.2 Å². The van der Waals surface area contributed by atoms with Gasteiger partial charge in [-0.15, -0.1) is 0 Å². The molecule has 0 bridgehead atoms. The fourth-order valence-electron chi connectivity index (χ4n) is 2.75. The van der Waals surface area contributed by atoms with E-state index in [0.29, 0.717) is 28.2 Å². The average molecular weight is 370 g/mol. The number of aryl methyl sites for hydroxylation is 2. The summed E-state index contributed by atoms with van der Waals surface area (Å²) >= 11 is 0. The van der Waals surface area contributed by atoms with Crippen LogP contribution in [0.2, 0.25) is 0 Å². The Morgan fingerprint density at radius 2 is 1.74 bits per heavy atom. The molecule has 0 aliphatic heterocycles. The summed E-state index contributed by atoms with van der Waals surface area (Å²) in [6.45, 7) is 5.11. The zero-order valence-corrected chi connectivity index (χ0v) is 15.5. The first-order chi connectivity index (χ1) is 12.5. The van der Waals surface area contributed by atoms with E-state index in [1.54, 1.807) is 19.1 Å². The van der Waals surface area contributed by atoms with Crippen molar-refractivity contribution in [1.82, 2.24) is 0 Å². The molecular weight excluding hydrogens is 348 g/mol. The molecule has 3 rings (SSSR count). The Morgan fingerprint density at radius 3 is 2.37 bits per heavy atom. The summed E-state index contributed by atoms with van der Waals surface area (Å²) in [5.41, 5.74) is 1.30. The van der Waals surface area contributed by atoms with Crippen LogP contribution >= 0.6 is 0 Å². The van der Waals surface area contributed by atoms with Gasteiger partial charge < -0.3 is 19.4 Å². The lowest BCUT2D eigenvalue weighted by Crippen LogP contribution is -2.08. The van der Waals surface area contributed by atoms with Gasteiger partial charge in [0.15, 0.2) is 0 Å². The van der Waals surface area contributed by atoms with Gasteiger partial charge >= 0.3 is 5.97 Å². The normalized spacial score (nSPS) is 10.3. The maximum Gasteiger partial charge on any atom is 0.308 e. The van der Waals surface area contributed by atoms with Crippen LogP contribution in [0.4, 0.5) is 0 Å². The molecule has 0 saturated heterocycles. The van der Waals surface area contributed by atoms with Gasteiger partial charge in [0.1, 0.15) is 22.8 Å².